The summed E-state index contributed by atoms with van der Waals surface area (Å²) in [6, 6.07) is 20.4. The topological polar surface area (TPSA) is 135 Å². The van der Waals surface area contributed by atoms with Gasteiger partial charge in [-0.1, -0.05) is 84.4 Å². The van der Waals surface area contributed by atoms with Crippen molar-refractivity contribution < 1.29 is 33.5 Å². The van der Waals surface area contributed by atoms with Crippen molar-refractivity contribution in [1.29, 1.82) is 0 Å². The summed E-state index contributed by atoms with van der Waals surface area (Å²) in [5.74, 6) is -8.56. The molecule has 6 atom stereocenters. The maximum Gasteiger partial charge on any atom is 0.328 e. The number of hydrogen-bond donors (Lipinski definition) is 2. The summed E-state index contributed by atoms with van der Waals surface area (Å²) < 4.78 is 15.0. The van der Waals surface area contributed by atoms with Crippen LogP contribution in [0.15, 0.2) is 96.6 Å². The van der Waals surface area contributed by atoms with Gasteiger partial charge in [-0.15, -0.1) is 0 Å². The number of amides is 4. The summed E-state index contributed by atoms with van der Waals surface area (Å²) in [5, 5.41) is 11.2. The van der Waals surface area contributed by atoms with Gasteiger partial charge < -0.3 is 10.8 Å². The molecule has 1 aliphatic heterocycles. The van der Waals surface area contributed by atoms with E-state index in [9.17, 15) is 29.1 Å². The van der Waals surface area contributed by atoms with Gasteiger partial charge in [0.05, 0.1) is 17.3 Å². The summed E-state index contributed by atoms with van der Waals surface area (Å²) in [7, 11) is 0. The predicted octanol–water partition coefficient (Wildman–Crippen LogP) is 4.43. The van der Waals surface area contributed by atoms with Crippen molar-refractivity contribution in [1.82, 2.24) is 4.90 Å². The fraction of sp³-hybridized carbons (Fsp3) is 0.229. The second-order valence-corrected chi connectivity index (χ2v) is 11.8. The third kappa shape index (κ3) is 3.65. The van der Waals surface area contributed by atoms with E-state index in [4.69, 9.17) is 5.73 Å². The number of hydrogen-bond acceptors (Lipinski definition) is 6. The lowest BCUT2D eigenvalue weighted by molar-refractivity contribution is -0.137. The first-order valence-electron chi connectivity index (χ1n) is 14.4. The lowest BCUT2D eigenvalue weighted by Crippen LogP contribution is -2.58. The number of para-hydroxylation sites is 1. The van der Waals surface area contributed by atoms with Crippen LogP contribution < -0.4 is 5.73 Å². The lowest BCUT2D eigenvalue weighted by Gasteiger charge is -2.55. The van der Waals surface area contributed by atoms with Gasteiger partial charge >= 0.3 is 6.03 Å². The zero-order valence-corrected chi connectivity index (χ0v) is 23.4. The van der Waals surface area contributed by atoms with Gasteiger partial charge in [-0.3, -0.25) is 19.2 Å². The number of urea groups is 1. The second-order valence-electron chi connectivity index (χ2n) is 11.8. The minimum Gasteiger partial charge on any atom is -0.505 e. The van der Waals surface area contributed by atoms with E-state index in [0.29, 0.717) is 21.6 Å². The molecule has 3 aromatic carbocycles. The molecular weight excluding hydrogens is 563 g/mol. The summed E-state index contributed by atoms with van der Waals surface area (Å²) in [5.41, 5.74) is 5.72. The number of likely N-dealkylation sites (tertiary alicyclic amines) is 1. The molecule has 7 rings (SSSR count). The highest BCUT2D eigenvalue weighted by atomic mass is 19.1. The van der Waals surface area contributed by atoms with Crippen LogP contribution >= 0.6 is 0 Å². The van der Waals surface area contributed by atoms with Crippen molar-refractivity contribution in [3.05, 3.63) is 119 Å². The standard InChI is InChI=1S/C35H27FN2O6/c36-26-13-7-12-22(31(26)41)29-20-14-15-21-28(33(43)38(32(21)42)34(37)44)24(20)16-25-30(40)23(18-8-3-1-4-9-18)17-27(39)35(25,29)19-10-5-2-6-11-19/h1-14,17,21,24-25,28-29,41H,15-16H2,(H2,37,44). The molecule has 220 valence electrons. The number of phenols is 1. The molecule has 6 unspecified atom stereocenters. The van der Waals surface area contributed by atoms with Crippen molar-refractivity contribution in [2.75, 3.05) is 0 Å². The molecule has 8 nitrogen and oxygen atoms in total. The van der Waals surface area contributed by atoms with Gasteiger partial charge in [0.15, 0.2) is 23.1 Å². The highest BCUT2D eigenvalue weighted by molar-refractivity contribution is 6.31. The van der Waals surface area contributed by atoms with E-state index in [-0.39, 0.29) is 29.8 Å². The van der Waals surface area contributed by atoms with E-state index in [0.717, 1.165) is 6.07 Å². The number of carbonyl (C=O) groups is 5. The Bertz CT molecular complexity index is 1830. The van der Waals surface area contributed by atoms with Crippen LogP contribution in [0.5, 0.6) is 5.75 Å². The van der Waals surface area contributed by atoms with E-state index in [1.165, 1.54) is 18.2 Å². The number of fused-ring (bicyclic) bond motifs is 4. The highest BCUT2D eigenvalue weighted by Gasteiger charge is 2.66. The first-order valence-corrected chi connectivity index (χ1v) is 14.4. The van der Waals surface area contributed by atoms with Crippen molar-refractivity contribution >= 4 is 35.0 Å². The van der Waals surface area contributed by atoms with Crippen LogP contribution in [0.4, 0.5) is 9.18 Å². The number of carbonyl (C=O) groups excluding carboxylic acids is 5. The van der Waals surface area contributed by atoms with Crippen molar-refractivity contribution in [2.24, 2.45) is 29.4 Å². The van der Waals surface area contributed by atoms with Gasteiger partial charge in [-0.05, 0) is 42.0 Å². The van der Waals surface area contributed by atoms with E-state index < -0.39 is 70.2 Å². The first-order chi connectivity index (χ1) is 21.2. The minimum atomic E-state index is -1.61. The number of halogens is 1. The molecule has 0 aromatic heterocycles. The van der Waals surface area contributed by atoms with Crippen LogP contribution in [0.3, 0.4) is 0 Å². The van der Waals surface area contributed by atoms with Crippen LogP contribution in [0.2, 0.25) is 0 Å². The lowest BCUT2D eigenvalue weighted by atomic mass is 9.44. The molecule has 1 saturated carbocycles. The number of rotatable bonds is 3. The Morgan fingerprint density at radius 1 is 0.886 bits per heavy atom. The van der Waals surface area contributed by atoms with E-state index in [1.54, 1.807) is 66.7 Å². The molecule has 1 saturated heterocycles. The van der Waals surface area contributed by atoms with Crippen LogP contribution in [0.1, 0.15) is 35.4 Å². The second kappa shape index (κ2) is 9.94. The van der Waals surface area contributed by atoms with Gasteiger partial charge in [-0.2, -0.15) is 4.90 Å². The number of imide groups is 3. The number of phenolic OH excluding ortho intramolecular Hbond substituents is 1. The van der Waals surface area contributed by atoms with E-state index in [2.05, 4.69) is 0 Å². The molecule has 1 heterocycles. The Kier molecular flexibility index (Phi) is 6.24. The van der Waals surface area contributed by atoms with Crippen LogP contribution in [-0.2, 0) is 24.6 Å². The zero-order chi connectivity index (χ0) is 30.9. The van der Waals surface area contributed by atoms with Gasteiger partial charge in [0.25, 0.3) is 0 Å². The molecule has 4 amide bonds. The molecule has 3 N–H and O–H groups in total. The van der Waals surface area contributed by atoms with E-state index >= 15 is 4.39 Å². The van der Waals surface area contributed by atoms with Gasteiger partial charge in [-0.25, -0.2) is 9.18 Å². The number of nitrogens with two attached hydrogens (primary N) is 1. The maximum atomic E-state index is 15.0. The van der Waals surface area contributed by atoms with Gasteiger partial charge in [0.1, 0.15) is 0 Å². The Morgan fingerprint density at radius 2 is 1.57 bits per heavy atom. The fourth-order valence-electron chi connectivity index (χ4n) is 8.20. The third-order valence-electron chi connectivity index (χ3n) is 9.92. The first kappa shape index (κ1) is 27.6. The Morgan fingerprint density at radius 3 is 2.25 bits per heavy atom. The molecule has 3 aromatic rings. The number of Topliss-reactive ketones (excluding diaryl/α,β-unsaturated/α-hetero) is 1. The van der Waals surface area contributed by atoms with Crippen molar-refractivity contribution in [2.45, 2.75) is 24.2 Å². The van der Waals surface area contributed by atoms with Crippen LogP contribution in [0, 0.1) is 29.5 Å². The molecular formula is C35H27FN2O6. The molecule has 0 radical (unpaired) electrons. The van der Waals surface area contributed by atoms with Crippen molar-refractivity contribution in [3.8, 4) is 5.75 Å². The fourth-order valence-corrected chi connectivity index (χ4v) is 8.20. The number of benzene rings is 3. The SMILES string of the molecule is NC(=O)N1C(=O)C2CC=C3C(CC4C(=O)C(c5ccccc5)=CC(=O)C4(c4ccccc4)C3c3cccc(F)c3O)C2C1=O. The average Bonchev–Trinajstić information content (AvgIpc) is 3.29. The smallest absolute Gasteiger partial charge is 0.328 e. The van der Waals surface area contributed by atoms with E-state index in [1.807, 2.05) is 0 Å². The molecule has 0 spiro atoms. The summed E-state index contributed by atoms with van der Waals surface area (Å²) in [4.78, 5) is 69.0. The summed E-state index contributed by atoms with van der Waals surface area (Å²) >= 11 is 0. The summed E-state index contributed by atoms with van der Waals surface area (Å²) in [6.45, 7) is 0. The molecule has 3 aliphatic carbocycles. The Hall–Kier alpha value is -5.18. The monoisotopic (exact) mass is 590 g/mol. The zero-order valence-electron chi connectivity index (χ0n) is 23.4. The maximum absolute atomic E-state index is 15.0. The summed E-state index contributed by atoms with van der Waals surface area (Å²) in [6.07, 6.45) is 3.18. The number of ketones is 2. The quantitative estimate of drug-likeness (QED) is 0.342. The number of allylic oxidation sites excluding steroid dienone is 4. The van der Waals surface area contributed by atoms with Crippen molar-refractivity contribution in [3.63, 3.8) is 0 Å². The molecule has 9 heteroatoms. The van der Waals surface area contributed by atoms with Crippen LogP contribution in [0.25, 0.3) is 5.57 Å². The van der Waals surface area contributed by atoms with Gasteiger partial charge in [0.2, 0.25) is 11.8 Å². The van der Waals surface area contributed by atoms with Crippen LogP contribution in [-0.4, -0.2) is 39.4 Å². The minimum absolute atomic E-state index is 0.00877. The molecule has 2 fully saturated rings. The Balaban J connectivity index is 1.53. The average molecular weight is 591 g/mol. The number of nitrogens with zero attached hydrogens (tertiary/aromatic N) is 1. The molecule has 44 heavy (non-hydrogen) atoms. The van der Waals surface area contributed by atoms with Gasteiger partial charge in [0, 0.05) is 23.0 Å². The largest absolute Gasteiger partial charge is 0.505 e. The Labute approximate surface area is 251 Å². The number of primary amides is 1. The highest BCUT2D eigenvalue weighted by Crippen LogP contribution is 2.64. The third-order valence-corrected chi connectivity index (χ3v) is 9.92. The predicted molar refractivity (Wildman–Crippen MR) is 156 cm³/mol. The molecule has 4 aliphatic rings. The number of aromatic hydroxyl groups is 1. The molecule has 0 bridgehead atoms. The normalized spacial score (nSPS) is 29.4.